The van der Waals surface area contributed by atoms with Gasteiger partial charge in [0, 0.05) is 24.9 Å². The Balaban J connectivity index is 3.38. The number of aromatic hydroxyl groups is 1. The molecule has 19 nitrogen and oxygen atoms in total. The van der Waals surface area contributed by atoms with Gasteiger partial charge in [0.25, 0.3) is 0 Å². The van der Waals surface area contributed by atoms with Crippen LogP contribution in [0.15, 0.2) is 24.3 Å². The van der Waals surface area contributed by atoms with Crippen LogP contribution >= 0.6 is 0 Å². The zero-order valence-electron chi connectivity index (χ0n) is 29.2. The summed E-state index contributed by atoms with van der Waals surface area (Å²) in [6.45, 7) is 5.06. The number of carboxylic acid groups (broad SMARTS) is 1. The van der Waals surface area contributed by atoms with Crippen molar-refractivity contribution in [2.24, 2.45) is 34.6 Å². The van der Waals surface area contributed by atoms with Crippen molar-refractivity contribution in [1.82, 2.24) is 26.6 Å². The highest BCUT2D eigenvalue weighted by Gasteiger charge is 2.36. The smallest absolute Gasteiger partial charge is 0.325 e. The van der Waals surface area contributed by atoms with E-state index in [1.807, 2.05) is 13.8 Å². The summed E-state index contributed by atoms with van der Waals surface area (Å²) in [5.41, 5.74) is 29.6. The quantitative estimate of drug-likeness (QED) is 0.0515. The third-order valence-electron chi connectivity index (χ3n) is 8.04. The molecule has 0 bridgehead atoms. The van der Waals surface area contributed by atoms with Crippen LogP contribution < -0.4 is 55.3 Å². The molecule has 0 spiro atoms. The maximum atomic E-state index is 13.7. The van der Waals surface area contributed by atoms with Crippen molar-refractivity contribution in [2.75, 3.05) is 13.1 Å². The number of phenols is 1. The summed E-state index contributed by atoms with van der Waals surface area (Å²) in [5.74, 6) is -6.72. The van der Waals surface area contributed by atoms with Gasteiger partial charge in [-0.05, 0) is 56.5 Å². The molecule has 286 valence electrons. The van der Waals surface area contributed by atoms with Crippen molar-refractivity contribution in [3.8, 4) is 5.75 Å². The molecule has 0 aliphatic heterocycles. The molecule has 0 fully saturated rings. The van der Waals surface area contributed by atoms with E-state index in [4.69, 9.17) is 28.7 Å². The topological polar surface area (TPSA) is 350 Å². The van der Waals surface area contributed by atoms with Crippen molar-refractivity contribution in [3.63, 3.8) is 0 Å². The third kappa shape index (κ3) is 15.7. The zero-order valence-corrected chi connectivity index (χ0v) is 29.2. The highest BCUT2D eigenvalue weighted by Crippen LogP contribution is 2.13. The first-order valence-corrected chi connectivity index (χ1v) is 16.6. The van der Waals surface area contributed by atoms with Crippen LogP contribution in [0, 0.1) is 5.92 Å². The number of carboxylic acids is 1. The SMILES string of the molecule is CC[C@H](C)CC(=O)NC(C(=O)N[C@H](C(=O)N[C@@H](CC(N)=O)C(=O)N[C@@H](Cc1ccc(O)cc1)C(=O)N[C@@H](C)C(=O)O)C(N)CCN)C(N)CCN. The normalized spacial score (nSPS) is 15.7. The highest BCUT2D eigenvalue weighted by molar-refractivity contribution is 5.98. The van der Waals surface area contributed by atoms with E-state index in [-0.39, 0.29) is 50.4 Å². The van der Waals surface area contributed by atoms with Gasteiger partial charge in [-0.2, -0.15) is 0 Å². The Morgan fingerprint density at radius 3 is 1.69 bits per heavy atom. The molecule has 0 aliphatic carbocycles. The second kappa shape index (κ2) is 22.1. The number of phenolic OH excluding ortho intramolecular Hbond substituents is 1. The monoisotopic (exact) mass is 722 g/mol. The summed E-state index contributed by atoms with van der Waals surface area (Å²) in [5, 5.41) is 31.0. The van der Waals surface area contributed by atoms with E-state index in [0.717, 1.165) is 0 Å². The van der Waals surface area contributed by atoms with E-state index in [2.05, 4.69) is 26.6 Å². The summed E-state index contributed by atoms with van der Waals surface area (Å²) < 4.78 is 0. The Kier molecular flexibility index (Phi) is 19.1. The van der Waals surface area contributed by atoms with Crippen molar-refractivity contribution < 1.29 is 43.8 Å². The molecule has 3 unspecified atom stereocenters. The van der Waals surface area contributed by atoms with Gasteiger partial charge >= 0.3 is 5.97 Å². The molecular formula is C32H54N10O9. The van der Waals surface area contributed by atoms with Crippen LogP contribution in [-0.4, -0.2) is 107 Å². The van der Waals surface area contributed by atoms with E-state index >= 15 is 0 Å². The first kappa shape index (κ1) is 44.2. The molecule has 0 aliphatic rings. The van der Waals surface area contributed by atoms with E-state index in [9.17, 15) is 43.8 Å². The fraction of sp³-hybridized carbons (Fsp3) is 0.594. The minimum absolute atomic E-state index is 0.00338. The summed E-state index contributed by atoms with van der Waals surface area (Å²) in [6, 6.07) is -3.79. The molecule has 51 heavy (non-hydrogen) atoms. The maximum absolute atomic E-state index is 13.7. The molecule has 0 radical (unpaired) electrons. The van der Waals surface area contributed by atoms with Crippen LogP contribution in [0.4, 0.5) is 0 Å². The van der Waals surface area contributed by atoms with Gasteiger partial charge in [0.2, 0.25) is 35.4 Å². The molecule has 0 heterocycles. The molecular weight excluding hydrogens is 668 g/mol. The number of primary amides is 1. The molecule has 1 rings (SSSR count). The number of rotatable bonds is 23. The molecule has 0 saturated carbocycles. The molecule has 19 heteroatoms. The number of nitrogens with one attached hydrogen (secondary N) is 5. The van der Waals surface area contributed by atoms with Gasteiger partial charge in [-0.1, -0.05) is 32.4 Å². The first-order chi connectivity index (χ1) is 23.9. The minimum Gasteiger partial charge on any atom is -0.508 e. The van der Waals surface area contributed by atoms with Gasteiger partial charge in [-0.15, -0.1) is 0 Å². The van der Waals surface area contributed by atoms with Crippen LogP contribution in [-0.2, 0) is 40.0 Å². The first-order valence-electron chi connectivity index (χ1n) is 16.6. The van der Waals surface area contributed by atoms with Crippen LogP contribution in [0.2, 0.25) is 0 Å². The Morgan fingerprint density at radius 2 is 1.20 bits per heavy atom. The fourth-order valence-corrected chi connectivity index (χ4v) is 4.79. The lowest BCUT2D eigenvalue weighted by Gasteiger charge is -2.30. The largest absolute Gasteiger partial charge is 0.508 e. The van der Waals surface area contributed by atoms with Crippen LogP contribution in [0.1, 0.15) is 58.4 Å². The summed E-state index contributed by atoms with van der Waals surface area (Å²) in [6.07, 6.45) is 0.0317. The number of carbonyl (C=O) groups is 7. The average molecular weight is 723 g/mol. The lowest BCUT2D eigenvalue weighted by molar-refractivity contribution is -0.142. The maximum Gasteiger partial charge on any atom is 0.325 e. The summed E-state index contributed by atoms with van der Waals surface area (Å²) in [7, 11) is 0. The Morgan fingerprint density at radius 1 is 0.706 bits per heavy atom. The van der Waals surface area contributed by atoms with Crippen LogP contribution in [0.25, 0.3) is 0 Å². The Labute approximate surface area is 296 Å². The predicted molar refractivity (Wildman–Crippen MR) is 186 cm³/mol. The van der Waals surface area contributed by atoms with E-state index < -0.39 is 90.1 Å². The van der Waals surface area contributed by atoms with Crippen molar-refractivity contribution >= 4 is 41.4 Å². The zero-order chi connectivity index (χ0) is 38.8. The molecule has 17 N–H and O–H groups in total. The lowest BCUT2D eigenvalue weighted by Crippen LogP contribution is -2.65. The van der Waals surface area contributed by atoms with Gasteiger partial charge in [0.15, 0.2) is 0 Å². The number of hydrogen-bond donors (Lipinski definition) is 12. The van der Waals surface area contributed by atoms with E-state index in [0.29, 0.717) is 12.0 Å². The lowest BCUT2D eigenvalue weighted by atomic mass is 9.99. The van der Waals surface area contributed by atoms with Gasteiger partial charge in [0.05, 0.1) is 6.42 Å². The number of hydrogen-bond acceptors (Lipinski definition) is 12. The van der Waals surface area contributed by atoms with Crippen molar-refractivity contribution in [1.29, 1.82) is 0 Å². The predicted octanol–water partition coefficient (Wildman–Crippen LogP) is -3.87. The number of amides is 6. The van der Waals surface area contributed by atoms with Crippen molar-refractivity contribution in [2.45, 2.75) is 102 Å². The molecule has 0 saturated heterocycles. The minimum atomic E-state index is -1.70. The Hall–Kier alpha value is -4.85. The fourth-order valence-electron chi connectivity index (χ4n) is 4.79. The molecule has 6 amide bonds. The van der Waals surface area contributed by atoms with E-state index in [1.165, 1.54) is 31.2 Å². The molecule has 1 aromatic carbocycles. The van der Waals surface area contributed by atoms with Gasteiger partial charge in [0.1, 0.15) is 36.0 Å². The van der Waals surface area contributed by atoms with Crippen molar-refractivity contribution in [3.05, 3.63) is 29.8 Å². The standard InChI is InChI=1S/C32H54N10O9/c1-4-16(2)13-25(45)41-26(20(35)9-11-33)31(49)42-27(21(36)10-12-34)30(48)40-23(15-24(37)44)29(47)39-22(28(46)38-17(3)32(50)51)14-18-5-7-19(43)8-6-18/h5-8,16-17,20-23,26-27,43H,4,9-15,33-36H2,1-3H3,(H2,37,44)(H,38,46)(H,39,47)(H,40,48)(H,41,45)(H,42,49)(H,50,51)/t16-,17-,20?,21?,22-,23-,26?,27-/m0/s1. The average Bonchev–Trinajstić information content (AvgIpc) is 3.05. The highest BCUT2D eigenvalue weighted by atomic mass is 16.4. The second-order valence-electron chi connectivity index (χ2n) is 12.5. The Bertz CT molecular complexity index is 1350. The van der Waals surface area contributed by atoms with Gasteiger partial charge < -0.3 is 65.5 Å². The summed E-state index contributed by atoms with van der Waals surface area (Å²) in [4.78, 5) is 90.0. The third-order valence-corrected chi connectivity index (χ3v) is 8.04. The van der Waals surface area contributed by atoms with E-state index in [1.54, 1.807) is 0 Å². The van der Waals surface area contributed by atoms with Crippen LogP contribution in [0.5, 0.6) is 5.75 Å². The van der Waals surface area contributed by atoms with Crippen LogP contribution in [0.3, 0.4) is 0 Å². The van der Waals surface area contributed by atoms with Gasteiger partial charge in [-0.25, -0.2) is 0 Å². The second-order valence-corrected chi connectivity index (χ2v) is 12.5. The molecule has 1 aromatic rings. The molecule has 8 atom stereocenters. The molecule has 0 aromatic heterocycles. The number of carbonyl (C=O) groups excluding carboxylic acids is 6. The van der Waals surface area contributed by atoms with Gasteiger partial charge in [-0.3, -0.25) is 33.6 Å². The number of aliphatic carboxylic acids is 1. The number of nitrogens with two attached hydrogens (primary N) is 5. The number of benzene rings is 1. The summed E-state index contributed by atoms with van der Waals surface area (Å²) >= 11 is 0.